The summed E-state index contributed by atoms with van der Waals surface area (Å²) in [5, 5.41) is 5.27. The highest BCUT2D eigenvalue weighted by Crippen LogP contribution is 2.29. The van der Waals surface area contributed by atoms with Crippen molar-refractivity contribution < 1.29 is 9.18 Å². The lowest BCUT2D eigenvalue weighted by Crippen LogP contribution is -2.37. The minimum Gasteiger partial charge on any atom is -0.368 e. The molecular weight excluding hydrogens is 501 g/mol. The van der Waals surface area contributed by atoms with Gasteiger partial charge in [-0.15, -0.1) is 0 Å². The van der Waals surface area contributed by atoms with Crippen LogP contribution in [0.4, 0.5) is 4.39 Å². The van der Waals surface area contributed by atoms with E-state index in [0.717, 1.165) is 29.0 Å². The van der Waals surface area contributed by atoms with Gasteiger partial charge in [-0.25, -0.2) is 4.39 Å². The van der Waals surface area contributed by atoms with Gasteiger partial charge in [-0.2, -0.15) is 0 Å². The van der Waals surface area contributed by atoms with E-state index in [1.54, 1.807) is 18.2 Å². The zero-order valence-corrected chi connectivity index (χ0v) is 20.8. The number of aryl methyl sites for hydroxylation is 1. The van der Waals surface area contributed by atoms with Gasteiger partial charge in [0, 0.05) is 22.8 Å². The van der Waals surface area contributed by atoms with E-state index < -0.39 is 5.82 Å². The van der Waals surface area contributed by atoms with E-state index in [-0.39, 0.29) is 17.3 Å². The summed E-state index contributed by atoms with van der Waals surface area (Å²) in [6, 6.07) is 17.1. The predicted molar refractivity (Wildman–Crippen MR) is 145 cm³/mol. The Kier molecular flexibility index (Phi) is 6.91. The quantitative estimate of drug-likeness (QED) is 0.416. The lowest BCUT2D eigenvalue weighted by atomic mass is 9.82. The van der Waals surface area contributed by atoms with Crippen molar-refractivity contribution in [3.63, 3.8) is 0 Å². The third-order valence-electron chi connectivity index (χ3n) is 6.55. The molecule has 174 valence electrons. The largest absolute Gasteiger partial charge is 0.368 e. The van der Waals surface area contributed by atoms with E-state index in [0.29, 0.717) is 0 Å². The Balaban J connectivity index is 0.000000313. The normalized spacial score (nSPS) is 16.7. The van der Waals surface area contributed by atoms with E-state index in [1.165, 1.54) is 33.5 Å². The number of carbonyl (C=O) groups excluding carboxylic acids is 1. The van der Waals surface area contributed by atoms with Crippen LogP contribution in [0.1, 0.15) is 27.9 Å². The molecular formula is C31H25BrFNO. The van der Waals surface area contributed by atoms with Gasteiger partial charge < -0.3 is 5.32 Å². The number of rotatable bonds is 2. The molecule has 0 saturated heterocycles. The van der Waals surface area contributed by atoms with Crippen molar-refractivity contribution in [2.24, 2.45) is 5.92 Å². The summed E-state index contributed by atoms with van der Waals surface area (Å²) in [5.41, 5.74) is 5.22. The van der Waals surface area contributed by atoms with Gasteiger partial charge in [0.25, 0.3) is 0 Å². The van der Waals surface area contributed by atoms with Crippen molar-refractivity contribution in [2.75, 3.05) is 0 Å². The molecule has 3 aromatic carbocycles. The maximum Gasteiger partial charge on any atom is 0.172 e. The molecule has 3 aromatic rings. The predicted octanol–water partition coefficient (Wildman–Crippen LogP) is 5.99. The molecule has 0 saturated carbocycles. The van der Waals surface area contributed by atoms with Gasteiger partial charge in [-0.1, -0.05) is 70.6 Å². The third kappa shape index (κ3) is 4.98. The first-order valence-corrected chi connectivity index (χ1v) is 12.6. The minimum atomic E-state index is -0.438. The van der Waals surface area contributed by atoms with Crippen molar-refractivity contribution in [3.05, 3.63) is 129 Å². The summed E-state index contributed by atoms with van der Waals surface area (Å²) in [6.45, 7) is 0. The maximum absolute atomic E-state index is 14.1. The van der Waals surface area contributed by atoms with Gasteiger partial charge >= 0.3 is 0 Å². The number of fused-ring (bicyclic) bond motifs is 5. The fraction of sp³-hybridized carbons (Fsp3) is 0.129. The standard InChI is InChI=1S/C25H18BrFO.C6H7N/c26-18-10-7-16-9-11-19-20(23(16)14-18)12-8-15-5-6-17(13-22(15)19)25(28)21-3-1-2-4-24(21)27;1-2-4-6-7-5-3-1/h1-4,7-8,10-14,17H,5-6,9H2;1-7H. The fourth-order valence-corrected chi connectivity index (χ4v) is 5.17. The highest BCUT2D eigenvalue weighted by atomic mass is 79.9. The number of halogens is 2. The van der Waals surface area contributed by atoms with Gasteiger partial charge in [0.05, 0.1) is 5.56 Å². The van der Waals surface area contributed by atoms with Crippen LogP contribution in [0.5, 0.6) is 0 Å². The minimum absolute atomic E-state index is 0.125. The number of benzene rings is 3. The van der Waals surface area contributed by atoms with Crippen LogP contribution in [0, 0.1) is 11.7 Å². The number of ketones is 1. The Morgan fingerprint density at radius 2 is 1.66 bits per heavy atom. The Bertz CT molecular complexity index is 1480. The molecule has 1 unspecified atom stereocenters. The van der Waals surface area contributed by atoms with Crippen molar-refractivity contribution in [1.29, 1.82) is 0 Å². The highest BCUT2D eigenvalue weighted by molar-refractivity contribution is 9.10. The zero-order valence-electron chi connectivity index (χ0n) is 19.2. The van der Waals surface area contributed by atoms with Crippen molar-refractivity contribution in [2.45, 2.75) is 19.3 Å². The lowest BCUT2D eigenvalue weighted by molar-refractivity contribution is 0.0942. The second-order valence-corrected chi connectivity index (χ2v) is 9.65. The number of Topliss-reactive ketones (excluding diaryl/α,β-unsaturated/α-hetero) is 1. The summed E-state index contributed by atoms with van der Waals surface area (Å²) in [6.07, 6.45) is 18.3. The first kappa shape index (κ1) is 23.3. The molecule has 0 aromatic heterocycles. The molecule has 4 heteroatoms. The van der Waals surface area contributed by atoms with Gasteiger partial charge in [-0.3, -0.25) is 4.79 Å². The highest BCUT2D eigenvalue weighted by Gasteiger charge is 2.24. The number of carbonyl (C=O) groups is 1. The number of hydrogen-bond acceptors (Lipinski definition) is 2. The van der Waals surface area contributed by atoms with E-state index in [4.69, 9.17) is 0 Å². The fourth-order valence-electron chi connectivity index (χ4n) is 4.81. The zero-order chi connectivity index (χ0) is 24.2. The number of nitrogens with one attached hydrogen (secondary N) is 1. The van der Waals surface area contributed by atoms with Crippen LogP contribution in [0.3, 0.4) is 0 Å². The Hall–Kier alpha value is -3.50. The topological polar surface area (TPSA) is 29.1 Å². The lowest BCUT2D eigenvalue weighted by Gasteiger charge is -2.21. The summed E-state index contributed by atoms with van der Waals surface area (Å²) < 4.78 is 15.2. The molecule has 3 aliphatic rings. The van der Waals surface area contributed by atoms with Crippen LogP contribution in [-0.2, 0) is 12.8 Å². The third-order valence-corrected chi connectivity index (χ3v) is 7.05. The molecule has 2 aliphatic carbocycles. The van der Waals surface area contributed by atoms with Crippen LogP contribution in [0.25, 0.3) is 23.3 Å². The summed E-state index contributed by atoms with van der Waals surface area (Å²) >= 11 is 3.58. The van der Waals surface area contributed by atoms with E-state index in [1.807, 2.05) is 36.7 Å². The van der Waals surface area contributed by atoms with Gasteiger partial charge in [0.15, 0.2) is 5.78 Å². The molecule has 1 N–H and O–H groups in total. The molecule has 1 atom stereocenters. The Morgan fingerprint density at radius 1 is 0.886 bits per heavy atom. The van der Waals surface area contributed by atoms with Crippen LogP contribution in [0.2, 0.25) is 0 Å². The van der Waals surface area contributed by atoms with Crippen LogP contribution in [0.15, 0.2) is 95.8 Å². The average molecular weight is 526 g/mol. The van der Waals surface area contributed by atoms with Gasteiger partial charge in [0.1, 0.15) is 5.82 Å². The maximum atomic E-state index is 14.1. The monoisotopic (exact) mass is 525 g/mol. The number of hydrogen-bond donors (Lipinski definition) is 1. The molecule has 0 fully saturated rings. The summed E-state index contributed by atoms with van der Waals surface area (Å²) in [4.78, 5) is 13.0. The Labute approximate surface area is 213 Å². The molecule has 0 spiro atoms. The van der Waals surface area contributed by atoms with Crippen molar-refractivity contribution >= 4 is 33.9 Å². The van der Waals surface area contributed by atoms with Crippen molar-refractivity contribution in [1.82, 2.24) is 5.32 Å². The summed E-state index contributed by atoms with van der Waals surface area (Å²) in [5.74, 6) is -0.847. The SMILES string of the molecule is C1=CC=CNC=C1.O=C(c1ccccc1F)C1C=c2c(ccc3c2=CCc2ccc(Br)cc2-3)CC1. The van der Waals surface area contributed by atoms with Crippen LogP contribution >= 0.6 is 15.9 Å². The molecule has 0 radical (unpaired) electrons. The van der Waals surface area contributed by atoms with Crippen LogP contribution in [-0.4, -0.2) is 5.78 Å². The summed E-state index contributed by atoms with van der Waals surface area (Å²) in [7, 11) is 0. The second-order valence-electron chi connectivity index (χ2n) is 8.74. The van der Waals surface area contributed by atoms with E-state index in [9.17, 15) is 9.18 Å². The molecule has 1 heterocycles. The van der Waals surface area contributed by atoms with Gasteiger partial charge in [0.2, 0.25) is 0 Å². The van der Waals surface area contributed by atoms with E-state index in [2.05, 4.69) is 63.7 Å². The molecule has 2 nitrogen and oxygen atoms in total. The van der Waals surface area contributed by atoms with Crippen LogP contribution < -0.4 is 15.8 Å². The average Bonchev–Trinajstić information content (AvgIpc) is 3.21. The van der Waals surface area contributed by atoms with Crippen molar-refractivity contribution in [3.8, 4) is 11.1 Å². The second kappa shape index (κ2) is 10.4. The Morgan fingerprint density at radius 3 is 2.46 bits per heavy atom. The van der Waals surface area contributed by atoms with E-state index >= 15 is 0 Å². The number of allylic oxidation sites excluding steroid dienone is 4. The molecule has 0 amide bonds. The first-order chi connectivity index (χ1) is 17.1. The smallest absolute Gasteiger partial charge is 0.172 e. The molecule has 6 rings (SSSR count). The molecule has 0 bridgehead atoms. The first-order valence-electron chi connectivity index (χ1n) is 11.8. The van der Waals surface area contributed by atoms with Gasteiger partial charge in [-0.05, 0) is 88.4 Å². The molecule has 1 aliphatic heterocycles. The molecule has 35 heavy (non-hydrogen) atoms.